The molecule has 1 aromatic carbocycles. The molecule has 0 unspecified atom stereocenters. The third-order valence-electron chi connectivity index (χ3n) is 8.08. The number of hydrogen-bond acceptors (Lipinski definition) is 6. The first kappa shape index (κ1) is 30.3. The number of fused-ring (bicyclic) bond motifs is 1. The van der Waals surface area contributed by atoms with Crippen molar-refractivity contribution in [2.24, 2.45) is 5.92 Å². The fourth-order valence-electron chi connectivity index (χ4n) is 6.18. The molecule has 9 nitrogen and oxygen atoms in total. The van der Waals surface area contributed by atoms with Crippen molar-refractivity contribution in [2.75, 3.05) is 23.3 Å². The predicted octanol–water partition coefficient (Wildman–Crippen LogP) is 5.27. The summed E-state index contributed by atoms with van der Waals surface area (Å²) in [6.07, 6.45) is 1.73. The number of benzene rings is 1. The number of aryl methyl sites for hydroxylation is 1. The van der Waals surface area contributed by atoms with Crippen LogP contribution in [0.15, 0.2) is 36.5 Å². The van der Waals surface area contributed by atoms with E-state index in [9.17, 15) is 33.0 Å². The van der Waals surface area contributed by atoms with E-state index in [1.54, 1.807) is 20.8 Å². The van der Waals surface area contributed by atoms with E-state index >= 15 is 0 Å². The maximum atomic E-state index is 14.7. The number of amides is 2. The highest BCUT2D eigenvalue weighted by Crippen LogP contribution is 2.40. The fraction of sp³-hybridized carbons (Fsp3) is 0.419. The van der Waals surface area contributed by atoms with Crippen LogP contribution in [-0.4, -0.2) is 67.9 Å². The van der Waals surface area contributed by atoms with E-state index in [0.29, 0.717) is 24.3 Å². The number of aliphatic hydroxyl groups is 1. The number of aliphatic hydroxyl groups excluding tert-OH is 1. The molecule has 0 saturated carbocycles. The summed E-state index contributed by atoms with van der Waals surface area (Å²) in [6.45, 7) is 7.71. The Morgan fingerprint density at radius 2 is 1.74 bits per heavy atom. The number of carbonyl (C=O) groups excluding carboxylic acids is 1. The molecule has 1 fully saturated rings. The summed E-state index contributed by atoms with van der Waals surface area (Å²) >= 11 is 0. The van der Waals surface area contributed by atoms with E-state index in [1.807, 2.05) is 11.8 Å². The molecular weight excluding hydrogens is 563 g/mol. The minimum atomic E-state index is -1.15. The maximum absolute atomic E-state index is 14.7. The number of halogens is 3. The van der Waals surface area contributed by atoms with Crippen LogP contribution in [0.25, 0.3) is 11.3 Å². The third kappa shape index (κ3) is 5.75. The lowest BCUT2D eigenvalue weighted by atomic mass is 9.88. The lowest BCUT2D eigenvalue weighted by molar-refractivity contribution is -0.0216. The lowest BCUT2D eigenvalue weighted by Crippen LogP contribution is -2.64. The number of nitrogens with zero attached hydrogens (tertiary/aromatic N) is 4. The standard InChI is InChI=1S/C31H34F3N5O4/c1-16-14-38(15-24(28(16)40)39(30(42)43)31(2,3)4)27-17-7-5-10-21(17)35-13-23(27)37-29(41)22-12-11-20(34)26(36-22)25-18(32)8-6-9-19(25)33/h6,8-9,11-13,16,24,28,40H,5,7,10,14-15H2,1-4H3,(H,37,41)(H,42,43)/t16-,24+,28+/m0/s1. The second-order valence-corrected chi connectivity index (χ2v) is 12.1. The van der Waals surface area contributed by atoms with Gasteiger partial charge in [0, 0.05) is 30.2 Å². The molecular formula is C31H34F3N5O4. The molecule has 0 radical (unpaired) electrons. The Morgan fingerprint density at radius 1 is 1.05 bits per heavy atom. The van der Waals surface area contributed by atoms with Crippen LogP contribution in [0.2, 0.25) is 0 Å². The normalized spacial score (nSPS) is 20.1. The van der Waals surface area contributed by atoms with Gasteiger partial charge < -0.3 is 20.4 Å². The number of piperidine rings is 1. The van der Waals surface area contributed by atoms with Gasteiger partial charge in [-0.15, -0.1) is 0 Å². The molecule has 3 N–H and O–H groups in total. The molecule has 0 bridgehead atoms. The molecule has 5 rings (SSSR count). The van der Waals surface area contributed by atoms with Crippen molar-refractivity contribution in [3.63, 3.8) is 0 Å². The molecule has 1 aliphatic carbocycles. The Bertz CT molecular complexity index is 1560. The molecule has 1 saturated heterocycles. The topological polar surface area (TPSA) is 119 Å². The van der Waals surface area contributed by atoms with Gasteiger partial charge in [0.05, 0.1) is 35.3 Å². The first-order chi connectivity index (χ1) is 20.3. The zero-order chi connectivity index (χ0) is 31.2. The molecule has 12 heteroatoms. The summed E-state index contributed by atoms with van der Waals surface area (Å²) in [6, 6.07) is 4.39. The summed E-state index contributed by atoms with van der Waals surface area (Å²) in [5.74, 6) is -4.09. The number of carboxylic acid groups (broad SMARTS) is 1. The molecule has 0 spiro atoms. The quantitative estimate of drug-likeness (QED) is 0.367. The first-order valence-corrected chi connectivity index (χ1v) is 14.2. The van der Waals surface area contributed by atoms with Crippen molar-refractivity contribution in [2.45, 2.75) is 64.6 Å². The van der Waals surface area contributed by atoms with Crippen molar-refractivity contribution in [1.29, 1.82) is 0 Å². The van der Waals surface area contributed by atoms with E-state index in [2.05, 4.69) is 15.3 Å². The van der Waals surface area contributed by atoms with Crippen LogP contribution in [0.5, 0.6) is 0 Å². The second kappa shape index (κ2) is 11.5. The van der Waals surface area contributed by atoms with Gasteiger partial charge in [0.25, 0.3) is 5.91 Å². The average molecular weight is 598 g/mol. The Balaban J connectivity index is 1.52. The first-order valence-electron chi connectivity index (χ1n) is 14.2. The number of hydrogen-bond donors (Lipinski definition) is 3. The lowest BCUT2D eigenvalue weighted by Gasteiger charge is -2.49. The van der Waals surface area contributed by atoms with Gasteiger partial charge in [-0.25, -0.2) is 22.9 Å². The molecule has 1 aliphatic heterocycles. The van der Waals surface area contributed by atoms with Crippen molar-refractivity contribution >= 4 is 23.4 Å². The van der Waals surface area contributed by atoms with E-state index in [1.165, 1.54) is 11.1 Å². The molecule has 2 amide bonds. The molecule has 3 heterocycles. The van der Waals surface area contributed by atoms with Gasteiger partial charge in [-0.2, -0.15) is 0 Å². The van der Waals surface area contributed by atoms with E-state index in [4.69, 9.17) is 0 Å². The van der Waals surface area contributed by atoms with Crippen LogP contribution in [-0.2, 0) is 12.8 Å². The number of nitrogens with one attached hydrogen (secondary N) is 1. The van der Waals surface area contributed by atoms with Crippen molar-refractivity contribution in [3.8, 4) is 11.3 Å². The van der Waals surface area contributed by atoms with Crippen LogP contribution < -0.4 is 10.2 Å². The van der Waals surface area contributed by atoms with E-state index in [-0.39, 0.29) is 18.2 Å². The number of pyridine rings is 2. The minimum absolute atomic E-state index is 0.167. The monoisotopic (exact) mass is 597 g/mol. The summed E-state index contributed by atoms with van der Waals surface area (Å²) in [7, 11) is 0. The summed E-state index contributed by atoms with van der Waals surface area (Å²) in [5, 5.41) is 24.0. The Morgan fingerprint density at radius 3 is 2.40 bits per heavy atom. The van der Waals surface area contributed by atoms with E-state index in [0.717, 1.165) is 54.4 Å². The third-order valence-corrected chi connectivity index (χ3v) is 8.08. The molecule has 2 aliphatic rings. The number of rotatable bonds is 5. The summed E-state index contributed by atoms with van der Waals surface area (Å²) in [4.78, 5) is 37.6. The zero-order valence-electron chi connectivity index (χ0n) is 24.4. The van der Waals surface area contributed by atoms with Crippen LogP contribution in [0.3, 0.4) is 0 Å². The van der Waals surface area contributed by atoms with Gasteiger partial charge >= 0.3 is 6.09 Å². The summed E-state index contributed by atoms with van der Waals surface area (Å²) < 4.78 is 43.5. The zero-order valence-corrected chi connectivity index (χ0v) is 24.4. The van der Waals surface area contributed by atoms with Gasteiger partial charge in [-0.1, -0.05) is 13.0 Å². The Labute approximate surface area is 247 Å². The Kier molecular flexibility index (Phi) is 8.08. The number of carbonyl (C=O) groups is 2. The average Bonchev–Trinajstić information content (AvgIpc) is 3.40. The highest BCUT2D eigenvalue weighted by molar-refractivity contribution is 6.05. The molecule has 3 aromatic rings. The molecule has 43 heavy (non-hydrogen) atoms. The van der Waals surface area contributed by atoms with Crippen LogP contribution in [0.1, 0.15) is 55.9 Å². The van der Waals surface area contributed by atoms with Gasteiger partial charge in [-0.05, 0) is 69.9 Å². The fourth-order valence-corrected chi connectivity index (χ4v) is 6.18. The SMILES string of the molecule is C[C@H]1CN(c2c(NC(=O)c3ccc(F)c(-c4c(F)cccc4F)n3)cnc3c2CCC3)C[C@@H](N(C(=O)O)C(C)(C)C)[C@@H]1O. The van der Waals surface area contributed by atoms with Crippen LogP contribution in [0.4, 0.5) is 29.3 Å². The van der Waals surface area contributed by atoms with Crippen molar-refractivity contribution in [1.82, 2.24) is 14.9 Å². The van der Waals surface area contributed by atoms with Gasteiger partial charge in [0.2, 0.25) is 0 Å². The number of anilines is 2. The smallest absolute Gasteiger partial charge is 0.408 e. The van der Waals surface area contributed by atoms with Crippen LogP contribution >= 0.6 is 0 Å². The van der Waals surface area contributed by atoms with E-state index < -0.39 is 58.4 Å². The highest BCUT2D eigenvalue weighted by atomic mass is 19.1. The minimum Gasteiger partial charge on any atom is -0.465 e. The molecule has 228 valence electrons. The summed E-state index contributed by atoms with van der Waals surface area (Å²) in [5.41, 5.74) is 0.412. The van der Waals surface area contributed by atoms with Gasteiger partial charge in [-0.3, -0.25) is 14.7 Å². The Hall–Kier alpha value is -4.19. The second-order valence-electron chi connectivity index (χ2n) is 12.1. The van der Waals surface area contributed by atoms with Crippen molar-refractivity contribution < 1.29 is 33.0 Å². The molecule has 3 atom stereocenters. The maximum Gasteiger partial charge on any atom is 0.408 e. The highest BCUT2D eigenvalue weighted by Gasteiger charge is 2.44. The van der Waals surface area contributed by atoms with Gasteiger partial charge in [0.15, 0.2) is 0 Å². The molecule has 2 aromatic heterocycles. The van der Waals surface area contributed by atoms with Crippen LogP contribution in [0, 0.1) is 23.4 Å². The van der Waals surface area contributed by atoms with Crippen molar-refractivity contribution in [3.05, 3.63) is 70.9 Å². The predicted molar refractivity (Wildman–Crippen MR) is 155 cm³/mol. The largest absolute Gasteiger partial charge is 0.465 e. The number of aromatic nitrogens is 2. The van der Waals surface area contributed by atoms with Gasteiger partial charge in [0.1, 0.15) is 28.8 Å².